The molecular formula is C26H30FN3O3. The number of rotatable bonds is 9. The van der Waals surface area contributed by atoms with E-state index < -0.39 is 5.91 Å². The lowest BCUT2D eigenvalue weighted by molar-refractivity contribution is 0.0981. The van der Waals surface area contributed by atoms with Gasteiger partial charge in [0.1, 0.15) is 12.4 Å². The van der Waals surface area contributed by atoms with Crippen LogP contribution in [-0.2, 0) is 12.8 Å². The number of hydrogen-bond donors (Lipinski definition) is 2. The third-order valence-corrected chi connectivity index (χ3v) is 6.90. The molecule has 2 aliphatic rings. The number of hydrogen-bond acceptors (Lipinski definition) is 4. The maximum Gasteiger partial charge on any atom is 0.249 e. The summed E-state index contributed by atoms with van der Waals surface area (Å²) in [6.07, 6.45) is 7.05. The van der Waals surface area contributed by atoms with Crippen molar-refractivity contribution in [3.63, 3.8) is 0 Å². The molecule has 0 saturated heterocycles. The van der Waals surface area contributed by atoms with Gasteiger partial charge in [0.2, 0.25) is 5.91 Å². The zero-order valence-electron chi connectivity index (χ0n) is 18.9. The summed E-state index contributed by atoms with van der Waals surface area (Å²) in [5.41, 5.74) is 9.10. The number of amides is 1. The summed E-state index contributed by atoms with van der Waals surface area (Å²) in [5.74, 6) is 1.34. The van der Waals surface area contributed by atoms with Crippen LogP contribution in [0, 0.1) is 11.7 Å². The third kappa shape index (κ3) is 4.55. The molecule has 6 nitrogen and oxygen atoms in total. The molecule has 0 bridgehead atoms. The van der Waals surface area contributed by atoms with Crippen LogP contribution >= 0.6 is 0 Å². The fourth-order valence-corrected chi connectivity index (χ4v) is 4.95. The maximum absolute atomic E-state index is 13.7. The van der Waals surface area contributed by atoms with Crippen molar-refractivity contribution in [2.75, 3.05) is 26.8 Å². The van der Waals surface area contributed by atoms with Crippen molar-refractivity contribution in [3.8, 4) is 11.5 Å². The van der Waals surface area contributed by atoms with Gasteiger partial charge in [-0.1, -0.05) is 0 Å². The number of aromatic amines is 1. The zero-order chi connectivity index (χ0) is 22.9. The molecule has 1 fully saturated rings. The number of fused-ring (bicyclic) bond motifs is 2. The van der Waals surface area contributed by atoms with E-state index in [0.717, 1.165) is 53.9 Å². The molecule has 1 unspecified atom stereocenters. The average molecular weight is 452 g/mol. The Morgan fingerprint density at radius 1 is 1.30 bits per heavy atom. The number of nitrogens with two attached hydrogens (primary N) is 1. The number of aromatic nitrogens is 1. The highest BCUT2D eigenvalue weighted by Crippen LogP contribution is 2.39. The van der Waals surface area contributed by atoms with Crippen LogP contribution in [0.5, 0.6) is 11.5 Å². The van der Waals surface area contributed by atoms with E-state index in [1.165, 1.54) is 18.9 Å². The highest BCUT2D eigenvalue weighted by Gasteiger charge is 2.33. The topological polar surface area (TPSA) is 80.6 Å². The molecule has 1 aliphatic carbocycles. The van der Waals surface area contributed by atoms with E-state index in [0.29, 0.717) is 30.1 Å². The summed E-state index contributed by atoms with van der Waals surface area (Å²) in [4.78, 5) is 17.8. The van der Waals surface area contributed by atoms with Gasteiger partial charge < -0.3 is 20.2 Å². The van der Waals surface area contributed by atoms with Crippen LogP contribution in [0.4, 0.5) is 4.39 Å². The second-order valence-electron chi connectivity index (χ2n) is 9.20. The van der Waals surface area contributed by atoms with E-state index in [2.05, 4.69) is 9.88 Å². The Balaban J connectivity index is 1.31. The van der Waals surface area contributed by atoms with E-state index in [9.17, 15) is 9.18 Å². The molecule has 0 radical (unpaired) electrons. The third-order valence-electron chi connectivity index (χ3n) is 6.90. The Morgan fingerprint density at radius 3 is 2.91 bits per heavy atom. The minimum atomic E-state index is -0.446. The van der Waals surface area contributed by atoms with Crippen LogP contribution in [0.25, 0.3) is 10.9 Å². The van der Waals surface area contributed by atoms with Gasteiger partial charge in [-0.15, -0.1) is 0 Å². The van der Waals surface area contributed by atoms with E-state index >= 15 is 0 Å². The summed E-state index contributed by atoms with van der Waals surface area (Å²) in [6, 6.07) is 8.51. The first kappa shape index (κ1) is 21.8. The number of nitrogens with zero attached hydrogens (tertiary/aromatic N) is 1. The van der Waals surface area contributed by atoms with E-state index in [4.69, 9.17) is 15.2 Å². The van der Waals surface area contributed by atoms with Gasteiger partial charge in [0, 0.05) is 40.8 Å². The molecule has 7 heteroatoms. The van der Waals surface area contributed by atoms with Crippen molar-refractivity contribution < 1.29 is 18.7 Å². The largest absolute Gasteiger partial charge is 0.493 e. The van der Waals surface area contributed by atoms with Gasteiger partial charge in [-0.2, -0.15) is 0 Å². The van der Waals surface area contributed by atoms with Gasteiger partial charge >= 0.3 is 0 Å². The van der Waals surface area contributed by atoms with Gasteiger partial charge in [-0.25, -0.2) is 4.39 Å². The Hall–Kier alpha value is -3.06. The molecule has 1 amide bonds. The van der Waals surface area contributed by atoms with E-state index in [1.54, 1.807) is 31.4 Å². The lowest BCUT2D eigenvalue weighted by Gasteiger charge is -2.36. The maximum atomic E-state index is 13.7. The van der Waals surface area contributed by atoms with Crippen LogP contribution in [0.1, 0.15) is 40.7 Å². The average Bonchev–Trinajstić information content (AvgIpc) is 3.55. The summed E-state index contributed by atoms with van der Waals surface area (Å²) in [6.45, 7) is 2.50. The summed E-state index contributed by atoms with van der Waals surface area (Å²) >= 11 is 0. The van der Waals surface area contributed by atoms with E-state index in [1.807, 2.05) is 6.20 Å². The first-order valence-electron chi connectivity index (χ1n) is 11.7. The predicted octanol–water partition coefficient (Wildman–Crippen LogP) is 4.06. The number of methoxy groups -OCH3 is 1. The minimum absolute atomic E-state index is 0.170. The molecule has 1 atom stereocenters. The molecule has 5 rings (SSSR count). The van der Waals surface area contributed by atoms with Crippen LogP contribution in [0.2, 0.25) is 0 Å². The fraction of sp³-hybridized carbons (Fsp3) is 0.423. The van der Waals surface area contributed by atoms with Gasteiger partial charge in [-0.3, -0.25) is 9.69 Å². The minimum Gasteiger partial charge on any atom is -0.493 e. The van der Waals surface area contributed by atoms with Crippen molar-refractivity contribution in [2.24, 2.45) is 11.7 Å². The molecule has 3 aromatic rings. The molecule has 2 aromatic carbocycles. The Labute approximate surface area is 192 Å². The van der Waals surface area contributed by atoms with Crippen molar-refractivity contribution in [2.45, 2.75) is 38.1 Å². The smallest absolute Gasteiger partial charge is 0.249 e. The summed E-state index contributed by atoms with van der Waals surface area (Å²) in [5, 5.41) is 0.955. The first-order valence-corrected chi connectivity index (χ1v) is 11.7. The number of aryl methyl sites for hydroxylation is 1. The summed E-state index contributed by atoms with van der Waals surface area (Å²) < 4.78 is 25.3. The number of benzene rings is 2. The van der Waals surface area contributed by atoms with Crippen LogP contribution < -0.4 is 15.2 Å². The zero-order valence-corrected chi connectivity index (χ0v) is 18.9. The number of ether oxygens (including phenoxy) is 2. The van der Waals surface area contributed by atoms with Crippen molar-refractivity contribution >= 4 is 16.8 Å². The fourth-order valence-electron chi connectivity index (χ4n) is 4.95. The standard InChI is InChI=1S/C26H30FN3O3/c1-32-24-9-7-20(26(28)31)22-12-19(15-33-25(22)24)30(14-16-4-5-16)10-2-3-17-13-29-23-8-6-18(27)11-21(17)23/h6-9,11,13,16,19,29H,2-5,10,12,14-15H2,1H3,(H2,28,31). The monoisotopic (exact) mass is 451 g/mol. The molecule has 3 N–H and O–H groups in total. The number of H-pyrrole nitrogens is 1. The highest BCUT2D eigenvalue weighted by molar-refractivity contribution is 5.95. The predicted molar refractivity (Wildman–Crippen MR) is 125 cm³/mol. The van der Waals surface area contributed by atoms with Gasteiger partial charge in [0.25, 0.3) is 0 Å². The number of primary amides is 1. The lowest BCUT2D eigenvalue weighted by Crippen LogP contribution is -2.45. The molecule has 2 heterocycles. The first-order chi connectivity index (χ1) is 16.0. The number of halogens is 1. The van der Waals surface area contributed by atoms with Gasteiger partial charge in [-0.05, 0) is 80.5 Å². The van der Waals surface area contributed by atoms with Crippen molar-refractivity contribution in [1.29, 1.82) is 0 Å². The Kier molecular flexibility index (Phi) is 5.98. The summed E-state index contributed by atoms with van der Waals surface area (Å²) in [7, 11) is 1.60. The van der Waals surface area contributed by atoms with Crippen LogP contribution in [0.3, 0.4) is 0 Å². The normalized spacial score (nSPS) is 17.7. The van der Waals surface area contributed by atoms with Gasteiger partial charge in [0.15, 0.2) is 11.5 Å². The molecule has 174 valence electrons. The second-order valence-corrected chi connectivity index (χ2v) is 9.20. The molecule has 1 aliphatic heterocycles. The SMILES string of the molecule is COc1ccc(C(N)=O)c2c1OCC(N(CCCc1c[nH]c3ccc(F)cc13)CC1CC1)C2. The van der Waals surface area contributed by atoms with Crippen LogP contribution in [-0.4, -0.2) is 48.6 Å². The Morgan fingerprint density at radius 2 is 2.15 bits per heavy atom. The van der Waals surface area contributed by atoms with Crippen LogP contribution in [0.15, 0.2) is 36.5 Å². The number of nitrogens with one attached hydrogen (secondary N) is 1. The number of carbonyl (C=O) groups excluding carboxylic acids is 1. The highest BCUT2D eigenvalue weighted by atomic mass is 19.1. The molecule has 1 saturated carbocycles. The van der Waals surface area contributed by atoms with Crippen molar-refractivity contribution in [1.82, 2.24) is 9.88 Å². The van der Waals surface area contributed by atoms with Gasteiger partial charge in [0.05, 0.1) is 7.11 Å². The molecule has 33 heavy (non-hydrogen) atoms. The number of carbonyl (C=O) groups is 1. The van der Waals surface area contributed by atoms with E-state index in [-0.39, 0.29) is 11.9 Å². The van der Waals surface area contributed by atoms with Crippen molar-refractivity contribution in [3.05, 3.63) is 59.0 Å². The molecular weight excluding hydrogens is 421 g/mol. The second kappa shape index (κ2) is 9.06. The lowest BCUT2D eigenvalue weighted by atomic mass is 9.95. The quantitative estimate of drug-likeness (QED) is 0.514. The Bertz CT molecular complexity index is 1170. The molecule has 1 aromatic heterocycles. The molecule has 0 spiro atoms.